The highest BCUT2D eigenvalue weighted by molar-refractivity contribution is 5.66. The molecule has 8 nitrogen and oxygen atoms in total. The molecule has 290 valence electrons. The summed E-state index contributed by atoms with van der Waals surface area (Å²) in [4.78, 5) is 11.1. The van der Waals surface area contributed by atoms with Gasteiger partial charge in [-0.3, -0.25) is 4.79 Å². The fourth-order valence-electron chi connectivity index (χ4n) is 7.96. The fourth-order valence-corrected chi connectivity index (χ4v) is 7.96. The number of carboxylic acid groups (broad SMARTS) is 1. The van der Waals surface area contributed by atoms with Crippen LogP contribution in [0.2, 0.25) is 0 Å². The van der Waals surface area contributed by atoms with Crippen molar-refractivity contribution in [3.63, 3.8) is 0 Å². The van der Waals surface area contributed by atoms with Gasteiger partial charge in [0.25, 0.3) is 0 Å². The van der Waals surface area contributed by atoms with Crippen LogP contribution in [0.4, 0.5) is 0 Å². The van der Waals surface area contributed by atoms with Crippen LogP contribution in [0, 0.1) is 0 Å². The van der Waals surface area contributed by atoms with E-state index in [0.29, 0.717) is 25.7 Å². The van der Waals surface area contributed by atoms with Crippen molar-refractivity contribution < 1.29 is 35.4 Å². The van der Waals surface area contributed by atoms with Crippen LogP contribution in [0.15, 0.2) is 77.9 Å². The molecule has 0 radical (unpaired) electrons. The molecule has 52 heavy (non-hydrogen) atoms. The van der Waals surface area contributed by atoms with Crippen molar-refractivity contribution in [1.82, 2.24) is 5.32 Å². The molecule has 0 aliphatic heterocycles. The number of hydrogen-bond acceptors (Lipinski definition) is 7. The van der Waals surface area contributed by atoms with E-state index in [1.54, 1.807) is 12.1 Å². The van der Waals surface area contributed by atoms with Crippen molar-refractivity contribution in [2.45, 2.75) is 159 Å². The molecule has 0 heterocycles. The predicted molar refractivity (Wildman–Crippen MR) is 209 cm³/mol. The minimum Gasteiger partial charge on any atom is -0.508 e. The first-order valence-electron chi connectivity index (χ1n) is 19.9. The van der Waals surface area contributed by atoms with Crippen molar-refractivity contribution in [3.05, 3.63) is 89.0 Å². The number of aliphatic carboxylic acids is 1. The lowest BCUT2D eigenvalue weighted by Gasteiger charge is -2.49. The Kier molecular flexibility index (Phi) is 19.1. The molecule has 4 atom stereocenters. The van der Waals surface area contributed by atoms with Gasteiger partial charge in [-0.15, -0.1) is 0 Å². The molecule has 1 aliphatic rings. The highest BCUT2D eigenvalue weighted by Crippen LogP contribution is 2.47. The van der Waals surface area contributed by atoms with E-state index < -0.39 is 29.2 Å². The molecule has 1 aliphatic carbocycles. The Morgan fingerprint density at radius 2 is 1.58 bits per heavy atom. The molecule has 2 aromatic carbocycles. The van der Waals surface area contributed by atoms with Gasteiger partial charge >= 0.3 is 5.97 Å². The van der Waals surface area contributed by atoms with Gasteiger partial charge in [0.15, 0.2) is 0 Å². The molecule has 0 unspecified atom stereocenters. The lowest BCUT2D eigenvalue weighted by molar-refractivity contribution is -0.137. The van der Waals surface area contributed by atoms with E-state index in [1.165, 1.54) is 5.56 Å². The SMILES string of the molecule is CCCCC[C@H](O)/C=C/C(CCc1ccccc1)=C(\C[C@H](O)CO)[C@H](CCCCCCC(=O)O)NC[C@@](C)(O)C1(c2ccc(O)cc2)CCCCC1. The summed E-state index contributed by atoms with van der Waals surface area (Å²) >= 11 is 0. The summed E-state index contributed by atoms with van der Waals surface area (Å²) in [6, 6.07) is 17.2. The molecule has 0 saturated heterocycles. The standard InChI is InChI=1S/C44H67NO7/c1-3-4-9-18-37(47)26-23-35(22-21-34-16-10-7-11-17-34)40(31-39(49)32-46)41(19-12-5-6-13-20-42(50)51)45-33-43(2,52)44(29-14-8-15-30-44)36-24-27-38(48)28-25-36/h7,10-11,16-17,23-28,37,39,41,45-49,52H,3-6,8-9,12-15,18-22,29-33H2,1-2H3,(H,50,51)/b26-23+,40-35+/t37-,39-,41-,43+/m0/s1. The second kappa shape index (κ2) is 22.9. The second-order valence-electron chi connectivity index (χ2n) is 15.2. The number of aromatic hydroxyl groups is 1. The summed E-state index contributed by atoms with van der Waals surface area (Å²) in [6.07, 6.45) is 16.4. The molecule has 0 spiro atoms. The zero-order chi connectivity index (χ0) is 37.8. The summed E-state index contributed by atoms with van der Waals surface area (Å²) in [7, 11) is 0. The third-order valence-corrected chi connectivity index (χ3v) is 11.1. The van der Waals surface area contributed by atoms with Crippen LogP contribution in [0.5, 0.6) is 5.75 Å². The van der Waals surface area contributed by atoms with Gasteiger partial charge in [0, 0.05) is 24.4 Å². The number of carbonyl (C=O) groups is 1. The van der Waals surface area contributed by atoms with E-state index >= 15 is 0 Å². The number of phenols is 1. The van der Waals surface area contributed by atoms with Gasteiger partial charge in [-0.1, -0.05) is 119 Å². The summed E-state index contributed by atoms with van der Waals surface area (Å²) in [6.45, 7) is 3.95. The van der Waals surface area contributed by atoms with Crippen LogP contribution in [-0.2, 0) is 16.6 Å². The molecule has 0 aromatic heterocycles. The first kappa shape index (κ1) is 43.4. The van der Waals surface area contributed by atoms with E-state index in [9.17, 15) is 30.3 Å². The number of rotatable bonds is 25. The lowest BCUT2D eigenvalue weighted by Crippen LogP contribution is -2.57. The number of unbranched alkanes of at least 4 members (excludes halogenated alkanes) is 5. The van der Waals surface area contributed by atoms with E-state index in [2.05, 4.69) is 24.4 Å². The Morgan fingerprint density at radius 1 is 0.904 bits per heavy atom. The van der Waals surface area contributed by atoms with Gasteiger partial charge in [0.05, 0.1) is 24.4 Å². The molecule has 3 rings (SSSR count). The Hall–Kier alpha value is -3.01. The van der Waals surface area contributed by atoms with Gasteiger partial charge in [-0.05, 0) is 92.7 Å². The molecular weight excluding hydrogens is 654 g/mol. The third kappa shape index (κ3) is 14.1. The number of hydrogen-bond donors (Lipinski definition) is 7. The third-order valence-electron chi connectivity index (χ3n) is 11.1. The Bertz CT molecular complexity index is 1350. The van der Waals surface area contributed by atoms with Gasteiger partial charge in [-0.25, -0.2) is 0 Å². The zero-order valence-corrected chi connectivity index (χ0v) is 31.8. The lowest BCUT2D eigenvalue weighted by atomic mass is 9.60. The van der Waals surface area contributed by atoms with Crippen LogP contribution >= 0.6 is 0 Å². The molecule has 7 N–H and O–H groups in total. The fraction of sp³-hybridized carbons (Fsp3) is 0.614. The average Bonchev–Trinajstić information content (AvgIpc) is 3.14. The van der Waals surface area contributed by atoms with Crippen molar-refractivity contribution in [2.75, 3.05) is 13.2 Å². The Balaban J connectivity index is 2.03. The Labute approximate surface area is 312 Å². The summed E-state index contributed by atoms with van der Waals surface area (Å²) < 4.78 is 0. The minimum absolute atomic E-state index is 0.146. The van der Waals surface area contributed by atoms with E-state index in [-0.39, 0.29) is 37.8 Å². The van der Waals surface area contributed by atoms with Crippen LogP contribution in [0.25, 0.3) is 0 Å². The number of nitrogens with one attached hydrogen (secondary N) is 1. The van der Waals surface area contributed by atoms with Crippen molar-refractivity contribution in [3.8, 4) is 5.75 Å². The first-order valence-corrected chi connectivity index (χ1v) is 19.9. The van der Waals surface area contributed by atoms with Crippen molar-refractivity contribution >= 4 is 5.97 Å². The number of benzene rings is 2. The van der Waals surface area contributed by atoms with Crippen LogP contribution in [0.3, 0.4) is 0 Å². The van der Waals surface area contributed by atoms with E-state index in [1.807, 2.05) is 49.4 Å². The largest absolute Gasteiger partial charge is 0.508 e. The van der Waals surface area contributed by atoms with Crippen LogP contribution < -0.4 is 5.32 Å². The number of allylic oxidation sites excluding steroid dienone is 2. The second-order valence-corrected chi connectivity index (χ2v) is 15.2. The maximum absolute atomic E-state index is 12.5. The van der Waals surface area contributed by atoms with Gasteiger partial charge < -0.3 is 36.0 Å². The molecule has 0 bridgehead atoms. The predicted octanol–water partition coefficient (Wildman–Crippen LogP) is 7.90. The highest BCUT2D eigenvalue weighted by atomic mass is 16.4. The Morgan fingerprint density at radius 3 is 2.23 bits per heavy atom. The molecule has 2 aromatic rings. The molecular formula is C44H67NO7. The van der Waals surface area contributed by atoms with Gasteiger partial charge in [-0.2, -0.15) is 0 Å². The average molecular weight is 722 g/mol. The van der Waals surface area contributed by atoms with Crippen molar-refractivity contribution in [2.24, 2.45) is 0 Å². The summed E-state index contributed by atoms with van der Waals surface area (Å²) in [5.74, 6) is -0.596. The number of phenolic OH excluding ortho intramolecular Hbond substituents is 1. The quantitative estimate of drug-likeness (QED) is 0.0404. The summed E-state index contributed by atoms with van der Waals surface area (Å²) in [5, 5.41) is 67.4. The van der Waals surface area contributed by atoms with E-state index in [0.717, 1.165) is 93.8 Å². The van der Waals surface area contributed by atoms with Gasteiger partial charge in [0.2, 0.25) is 0 Å². The monoisotopic (exact) mass is 721 g/mol. The molecule has 8 heteroatoms. The zero-order valence-electron chi connectivity index (χ0n) is 31.8. The van der Waals surface area contributed by atoms with Crippen molar-refractivity contribution in [1.29, 1.82) is 0 Å². The normalized spacial score (nSPS) is 18.0. The maximum atomic E-state index is 12.5. The van der Waals surface area contributed by atoms with Gasteiger partial charge in [0.1, 0.15) is 5.75 Å². The summed E-state index contributed by atoms with van der Waals surface area (Å²) in [5.41, 5.74) is 2.48. The molecule has 1 fully saturated rings. The molecule has 1 saturated carbocycles. The van der Waals surface area contributed by atoms with Crippen LogP contribution in [-0.4, -0.2) is 73.6 Å². The number of aliphatic hydroxyl groups excluding tert-OH is 3. The molecule has 0 amide bonds. The van der Waals surface area contributed by atoms with Crippen LogP contribution in [0.1, 0.15) is 134 Å². The topological polar surface area (TPSA) is 150 Å². The minimum atomic E-state index is -1.15. The highest BCUT2D eigenvalue weighted by Gasteiger charge is 2.48. The maximum Gasteiger partial charge on any atom is 0.303 e. The first-order chi connectivity index (χ1) is 25.0. The number of carboxylic acids is 1. The van der Waals surface area contributed by atoms with E-state index in [4.69, 9.17) is 5.11 Å². The smallest absolute Gasteiger partial charge is 0.303 e. The number of aliphatic hydroxyl groups is 4. The number of aryl methyl sites for hydroxylation is 1.